The lowest BCUT2D eigenvalue weighted by Crippen LogP contribution is -2.29. The molecule has 1 fully saturated rings. The van der Waals surface area contributed by atoms with E-state index in [4.69, 9.17) is 9.72 Å². The fourth-order valence-corrected chi connectivity index (χ4v) is 3.94. The average molecular weight is 334 g/mol. The van der Waals surface area contributed by atoms with Crippen LogP contribution in [-0.2, 0) is 18.2 Å². The summed E-state index contributed by atoms with van der Waals surface area (Å²) in [6.45, 7) is 4.07. The van der Waals surface area contributed by atoms with Gasteiger partial charge in [0.15, 0.2) is 11.0 Å². The van der Waals surface area contributed by atoms with Crippen LogP contribution in [0.25, 0.3) is 11.5 Å². The molecule has 0 atom stereocenters. The highest BCUT2D eigenvalue weighted by Crippen LogP contribution is 2.34. The molecule has 0 N–H and O–H groups in total. The second kappa shape index (κ2) is 6.70. The highest BCUT2D eigenvalue weighted by atomic mass is 32.1. The van der Waals surface area contributed by atoms with Crippen LogP contribution < -0.4 is 4.90 Å². The minimum absolute atomic E-state index is 0.346. The minimum Gasteiger partial charge on any atom is -0.465 e. The summed E-state index contributed by atoms with van der Waals surface area (Å²) < 4.78 is 6.95. The molecule has 0 saturated carbocycles. The maximum absolute atomic E-state index is 12.2. The van der Waals surface area contributed by atoms with Crippen LogP contribution in [0.15, 0.2) is 6.20 Å². The van der Waals surface area contributed by atoms with Crippen LogP contribution in [0.2, 0.25) is 0 Å². The summed E-state index contributed by atoms with van der Waals surface area (Å²) in [7, 11) is 3.37. The van der Waals surface area contributed by atoms with Gasteiger partial charge in [0, 0.05) is 32.0 Å². The molecule has 0 aromatic carbocycles. The summed E-state index contributed by atoms with van der Waals surface area (Å²) in [5, 5.41) is 0.890. The van der Waals surface area contributed by atoms with Gasteiger partial charge >= 0.3 is 5.97 Å². The van der Waals surface area contributed by atoms with Gasteiger partial charge < -0.3 is 14.2 Å². The molecule has 2 aromatic rings. The number of rotatable bonds is 4. The normalized spacial score (nSPS) is 15.0. The van der Waals surface area contributed by atoms with Crippen molar-refractivity contribution in [2.24, 2.45) is 7.05 Å². The molecular weight excluding hydrogens is 312 g/mol. The van der Waals surface area contributed by atoms with Crippen molar-refractivity contribution in [2.45, 2.75) is 32.6 Å². The number of anilines is 1. The number of carbonyl (C=O) groups is 1. The topological polar surface area (TPSA) is 60.3 Å². The number of methoxy groups -OCH3 is 1. The number of nitrogens with zero attached hydrogens (tertiary/aromatic N) is 4. The lowest BCUT2D eigenvalue weighted by atomic mass is 10.1. The Hall–Kier alpha value is -1.89. The van der Waals surface area contributed by atoms with Gasteiger partial charge in [-0.2, -0.15) is 0 Å². The summed E-state index contributed by atoms with van der Waals surface area (Å²) >= 11 is 1.41. The second-order valence-electron chi connectivity index (χ2n) is 5.70. The third kappa shape index (κ3) is 2.97. The van der Waals surface area contributed by atoms with Crippen molar-refractivity contribution in [3.05, 3.63) is 16.8 Å². The van der Waals surface area contributed by atoms with Gasteiger partial charge in [-0.3, -0.25) is 0 Å². The molecule has 124 valence electrons. The number of esters is 1. The molecule has 1 aliphatic heterocycles. The van der Waals surface area contributed by atoms with E-state index in [1.165, 1.54) is 37.7 Å². The predicted octanol–water partition coefficient (Wildman–Crippen LogP) is 2.88. The van der Waals surface area contributed by atoms with Crippen molar-refractivity contribution in [1.29, 1.82) is 0 Å². The molecule has 0 unspecified atom stereocenters. The summed E-state index contributed by atoms with van der Waals surface area (Å²) in [6.07, 6.45) is 6.34. The lowest BCUT2D eigenvalue weighted by Gasteiger charge is -2.25. The Balaban J connectivity index is 2.04. The summed E-state index contributed by atoms with van der Waals surface area (Å²) in [6, 6.07) is 0. The molecule has 0 spiro atoms. The van der Waals surface area contributed by atoms with E-state index in [0.29, 0.717) is 10.6 Å². The number of carbonyl (C=O) groups excluding carboxylic acids is 1. The quantitative estimate of drug-likeness (QED) is 0.805. The standard InChI is InChI=1S/C16H22N4O2S/c1-4-11-10-17-14(19(11)2)12-13(15(21)22-3)23-16(18-12)20-8-6-5-7-9-20/h10H,4-9H2,1-3H3. The summed E-state index contributed by atoms with van der Waals surface area (Å²) in [4.78, 5) is 24.2. The molecule has 2 aromatic heterocycles. The zero-order chi connectivity index (χ0) is 16.4. The van der Waals surface area contributed by atoms with Gasteiger partial charge in [-0.05, 0) is 25.7 Å². The molecule has 0 radical (unpaired) electrons. The Bertz CT molecular complexity index is 701. The van der Waals surface area contributed by atoms with Crippen LogP contribution in [0, 0.1) is 0 Å². The van der Waals surface area contributed by atoms with Crippen molar-refractivity contribution in [3.63, 3.8) is 0 Å². The van der Waals surface area contributed by atoms with Crippen molar-refractivity contribution in [3.8, 4) is 11.5 Å². The first-order chi connectivity index (χ1) is 11.2. The molecule has 0 bridgehead atoms. The van der Waals surface area contributed by atoms with Gasteiger partial charge in [-0.25, -0.2) is 14.8 Å². The Morgan fingerprint density at radius 2 is 2.09 bits per heavy atom. The summed E-state index contributed by atoms with van der Waals surface area (Å²) in [5.41, 5.74) is 1.74. The number of imidazole rings is 1. The first-order valence-electron chi connectivity index (χ1n) is 8.00. The molecule has 1 saturated heterocycles. The van der Waals surface area contributed by atoms with Crippen molar-refractivity contribution >= 4 is 22.4 Å². The fourth-order valence-electron chi connectivity index (χ4n) is 2.91. The molecule has 3 rings (SSSR count). The largest absolute Gasteiger partial charge is 0.465 e. The maximum atomic E-state index is 12.2. The van der Waals surface area contributed by atoms with Crippen LogP contribution >= 0.6 is 11.3 Å². The van der Waals surface area contributed by atoms with Crippen molar-refractivity contribution in [2.75, 3.05) is 25.1 Å². The van der Waals surface area contributed by atoms with Crippen LogP contribution in [0.3, 0.4) is 0 Å². The third-order valence-electron chi connectivity index (χ3n) is 4.27. The first-order valence-corrected chi connectivity index (χ1v) is 8.82. The third-order valence-corrected chi connectivity index (χ3v) is 5.37. The number of piperidine rings is 1. The number of aromatic nitrogens is 3. The molecular formula is C16H22N4O2S. The smallest absolute Gasteiger partial charge is 0.350 e. The van der Waals surface area contributed by atoms with Crippen molar-refractivity contribution in [1.82, 2.24) is 14.5 Å². The second-order valence-corrected chi connectivity index (χ2v) is 6.68. The number of ether oxygens (including phenoxy) is 1. The fraction of sp³-hybridized carbons (Fsp3) is 0.562. The molecule has 7 heteroatoms. The van der Waals surface area contributed by atoms with E-state index in [9.17, 15) is 4.79 Å². The van der Waals surface area contributed by atoms with E-state index in [-0.39, 0.29) is 5.97 Å². The summed E-state index contributed by atoms with van der Waals surface area (Å²) in [5.74, 6) is 0.378. The number of aryl methyl sites for hydroxylation is 1. The van der Waals surface area contributed by atoms with Gasteiger partial charge in [0.05, 0.1) is 7.11 Å². The number of hydrogen-bond donors (Lipinski definition) is 0. The van der Waals surface area contributed by atoms with Crippen LogP contribution in [0.1, 0.15) is 41.6 Å². The Morgan fingerprint density at radius 1 is 1.35 bits per heavy atom. The average Bonchev–Trinajstić information content (AvgIpc) is 3.18. The Kier molecular flexibility index (Phi) is 4.66. The molecule has 23 heavy (non-hydrogen) atoms. The van der Waals surface area contributed by atoms with E-state index >= 15 is 0 Å². The van der Waals surface area contributed by atoms with Crippen molar-refractivity contribution < 1.29 is 9.53 Å². The van der Waals surface area contributed by atoms with Gasteiger partial charge in [0.1, 0.15) is 10.6 Å². The van der Waals surface area contributed by atoms with Gasteiger partial charge in [0.2, 0.25) is 0 Å². The monoisotopic (exact) mass is 334 g/mol. The first kappa shape index (κ1) is 16.0. The predicted molar refractivity (Wildman–Crippen MR) is 91.1 cm³/mol. The SMILES string of the molecule is CCc1cnc(-c2nc(N3CCCCC3)sc2C(=O)OC)n1C. The Morgan fingerprint density at radius 3 is 2.70 bits per heavy atom. The van der Waals surface area contributed by atoms with Crippen LogP contribution in [0.5, 0.6) is 0 Å². The van der Waals surface area contributed by atoms with Gasteiger partial charge in [-0.1, -0.05) is 18.3 Å². The molecule has 6 nitrogen and oxygen atoms in total. The zero-order valence-corrected chi connectivity index (χ0v) is 14.7. The van der Waals surface area contributed by atoms with E-state index in [1.807, 2.05) is 17.8 Å². The zero-order valence-electron chi connectivity index (χ0n) is 13.8. The van der Waals surface area contributed by atoms with Gasteiger partial charge in [0.25, 0.3) is 0 Å². The molecule has 0 aliphatic carbocycles. The highest BCUT2D eigenvalue weighted by Gasteiger charge is 2.26. The molecule has 1 aliphatic rings. The Labute approximate surface area is 140 Å². The molecule has 3 heterocycles. The van der Waals surface area contributed by atoms with E-state index in [2.05, 4.69) is 16.8 Å². The van der Waals surface area contributed by atoms with Gasteiger partial charge in [-0.15, -0.1) is 0 Å². The van der Waals surface area contributed by atoms with E-state index in [1.54, 1.807) is 0 Å². The minimum atomic E-state index is -0.346. The highest BCUT2D eigenvalue weighted by molar-refractivity contribution is 7.17. The lowest BCUT2D eigenvalue weighted by molar-refractivity contribution is 0.0607. The maximum Gasteiger partial charge on any atom is 0.350 e. The van der Waals surface area contributed by atoms with E-state index in [0.717, 1.165) is 36.2 Å². The molecule has 0 amide bonds. The van der Waals surface area contributed by atoms with Crippen LogP contribution in [-0.4, -0.2) is 40.7 Å². The van der Waals surface area contributed by atoms with E-state index < -0.39 is 0 Å². The number of thiazole rings is 1. The van der Waals surface area contributed by atoms with Crippen LogP contribution in [0.4, 0.5) is 5.13 Å². The number of hydrogen-bond acceptors (Lipinski definition) is 6.